The summed E-state index contributed by atoms with van der Waals surface area (Å²) in [7, 11) is 0. The Bertz CT molecular complexity index is 867. The number of hydrogen-bond acceptors (Lipinski definition) is 8. The molecule has 5 N–H and O–H groups in total. The Morgan fingerprint density at radius 1 is 1.05 bits per heavy atom. The molecule has 0 aromatic heterocycles. The predicted octanol–water partition coefficient (Wildman–Crippen LogP) is 1.68. The van der Waals surface area contributed by atoms with E-state index in [9.17, 15) is 19.5 Å². The zero-order valence-electron chi connectivity index (χ0n) is 22.3. The molecule has 3 unspecified atom stereocenters. The molecule has 0 bridgehead atoms. The standard InChI is InChI=1S/C26H42N4O7/c1-5-6-7-8-15-37-19-11-9-18(10-12-19)27-20(21(31)24(33)29-35)23(32)28-22(26(2,3)4)25(34)30-13-16-36-17-14-30/h9-12,20-22,27,31,35H,5-8,13-17H2,1-4H3,(H,28,32)(H,29,33). The number of rotatable bonds is 13. The molecule has 0 saturated carbocycles. The van der Waals surface area contributed by atoms with Crippen molar-refractivity contribution in [2.75, 3.05) is 38.2 Å². The maximum atomic E-state index is 13.3. The monoisotopic (exact) mass is 522 g/mol. The lowest BCUT2D eigenvalue weighted by Gasteiger charge is -2.37. The van der Waals surface area contributed by atoms with Gasteiger partial charge in [0.05, 0.1) is 19.8 Å². The Kier molecular flexibility index (Phi) is 12.1. The molecule has 1 saturated heterocycles. The van der Waals surface area contributed by atoms with E-state index in [0.717, 1.165) is 25.7 Å². The highest BCUT2D eigenvalue weighted by Crippen LogP contribution is 2.23. The summed E-state index contributed by atoms with van der Waals surface area (Å²) in [5.74, 6) is -1.55. The molecule has 1 aliphatic heterocycles. The maximum Gasteiger partial charge on any atom is 0.274 e. The van der Waals surface area contributed by atoms with Gasteiger partial charge in [-0.25, -0.2) is 5.48 Å². The topological polar surface area (TPSA) is 149 Å². The van der Waals surface area contributed by atoms with Crippen LogP contribution in [-0.4, -0.2) is 84.0 Å². The summed E-state index contributed by atoms with van der Waals surface area (Å²) in [6.07, 6.45) is 2.43. The van der Waals surface area contributed by atoms with Crippen LogP contribution in [0.25, 0.3) is 0 Å². The van der Waals surface area contributed by atoms with Crippen molar-refractivity contribution in [3.05, 3.63) is 24.3 Å². The van der Waals surface area contributed by atoms with Crippen LogP contribution in [0, 0.1) is 5.41 Å². The van der Waals surface area contributed by atoms with Gasteiger partial charge in [-0.15, -0.1) is 0 Å². The highest BCUT2D eigenvalue weighted by Gasteiger charge is 2.40. The third kappa shape index (κ3) is 9.49. The average Bonchev–Trinajstić information content (AvgIpc) is 2.89. The fraction of sp³-hybridized carbons (Fsp3) is 0.654. The molecule has 1 fully saturated rings. The third-order valence-corrected chi connectivity index (χ3v) is 6.14. The molecule has 2 rings (SSSR count). The van der Waals surface area contributed by atoms with E-state index in [2.05, 4.69) is 17.6 Å². The van der Waals surface area contributed by atoms with E-state index < -0.39 is 35.4 Å². The van der Waals surface area contributed by atoms with Crippen molar-refractivity contribution in [2.24, 2.45) is 5.41 Å². The summed E-state index contributed by atoms with van der Waals surface area (Å²) >= 11 is 0. The molecule has 3 amide bonds. The van der Waals surface area contributed by atoms with E-state index >= 15 is 0 Å². The second kappa shape index (κ2) is 14.7. The fourth-order valence-corrected chi connectivity index (χ4v) is 3.90. The normalized spacial score (nSPS) is 16.3. The van der Waals surface area contributed by atoms with Gasteiger partial charge in [0.15, 0.2) is 6.10 Å². The minimum Gasteiger partial charge on any atom is -0.494 e. The van der Waals surface area contributed by atoms with Crippen LogP contribution in [0.4, 0.5) is 5.69 Å². The van der Waals surface area contributed by atoms with Crippen LogP contribution >= 0.6 is 0 Å². The van der Waals surface area contributed by atoms with E-state index in [1.807, 2.05) is 20.8 Å². The number of amides is 3. The number of nitrogens with one attached hydrogen (secondary N) is 3. The van der Waals surface area contributed by atoms with Gasteiger partial charge in [0, 0.05) is 18.8 Å². The molecule has 37 heavy (non-hydrogen) atoms. The first-order valence-electron chi connectivity index (χ1n) is 12.9. The minimum atomic E-state index is -1.93. The number of aliphatic hydroxyl groups excluding tert-OH is 1. The Labute approximate surface area is 218 Å². The highest BCUT2D eigenvalue weighted by molar-refractivity contribution is 5.96. The molecule has 0 spiro atoms. The van der Waals surface area contributed by atoms with Crippen LogP contribution in [-0.2, 0) is 19.1 Å². The lowest BCUT2D eigenvalue weighted by Crippen LogP contribution is -2.61. The number of hydrogen-bond donors (Lipinski definition) is 5. The number of ether oxygens (including phenoxy) is 2. The molecule has 208 valence electrons. The van der Waals surface area contributed by atoms with Crippen LogP contribution in [0.2, 0.25) is 0 Å². The van der Waals surface area contributed by atoms with Crippen molar-refractivity contribution in [2.45, 2.75) is 71.6 Å². The first kappa shape index (κ1) is 30.3. The van der Waals surface area contributed by atoms with Crippen molar-refractivity contribution in [1.82, 2.24) is 15.7 Å². The first-order chi connectivity index (χ1) is 17.6. The van der Waals surface area contributed by atoms with Gasteiger partial charge in [0.2, 0.25) is 11.8 Å². The number of benzene rings is 1. The van der Waals surface area contributed by atoms with E-state index in [0.29, 0.717) is 44.3 Å². The summed E-state index contributed by atoms with van der Waals surface area (Å²) in [5.41, 5.74) is 1.16. The molecule has 1 aliphatic rings. The van der Waals surface area contributed by atoms with Gasteiger partial charge >= 0.3 is 0 Å². The van der Waals surface area contributed by atoms with Gasteiger partial charge < -0.3 is 30.1 Å². The van der Waals surface area contributed by atoms with Crippen LogP contribution in [0.3, 0.4) is 0 Å². The molecule has 11 heteroatoms. The van der Waals surface area contributed by atoms with Crippen molar-refractivity contribution < 1.29 is 34.2 Å². The van der Waals surface area contributed by atoms with E-state index in [4.69, 9.17) is 14.7 Å². The number of aliphatic hydroxyl groups is 1. The fourth-order valence-electron chi connectivity index (χ4n) is 3.90. The lowest BCUT2D eigenvalue weighted by atomic mass is 9.85. The lowest BCUT2D eigenvalue weighted by molar-refractivity contribution is -0.145. The number of anilines is 1. The summed E-state index contributed by atoms with van der Waals surface area (Å²) in [5, 5.41) is 25.1. The molecule has 0 aliphatic carbocycles. The van der Waals surface area contributed by atoms with Gasteiger partial charge in [0.25, 0.3) is 5.91 Å². The SMILES string of the molecule is CCCCCCOc1ccc(NC(C(=O)NC(C(=O)N2CCOCC2)C(C)(C)C)C(O)C(=O)NO)cc1. The molecule has 3 atom stereocenters. The second-order valence-corrected chi connectivity index (χ2v) is 10.2. The molecule has 11 nitrogen and oxygen atoms in total. The Hall–Kier alpha value is -2.89. The van der Waals surface area contributed by atoms with Crippen molar-refractivity contribution >= 4 is 23.4 Å². The van der Waals surface area contributed by atoms with E-state index in [1.165, 1.54) is 5.48 Å². The van der Waals surface area contributed by atoms with Gasteiger partial charge in [-0.1, -0.05) is 47.0 Å². The van der Waals surface area contributed by atoms with Crippen molar-refractivity contribution in [3.63, 3.8) is 0 Å². The van der Waals surface area contributed by atoms with Gasteiger partial charge in [0.1, 0.15) is 17.8 Å². The van der Waals surface area contributed by atoms with E-state index in [-0.39, 0.29) is 5.91 Å². The zero-order valence-corrected chi connectivity index (χ0v) is 22.3. The van der Waals surface area contributed by atoms with Crippen LogP contribution in [0.5, 0.6) is 5.75 Å². The number of morpholine rings is 1. The number of nitrogens with zero attached hydrogens (tertiary/aromatic N) is 1. The summed E-state index contributed by atoms with van der Waals surface area (Å²) in [4.78, 5) is 40.2. The Balaban J connectivity index is 2.14. The number of hydroxylamine groups is 1. The molecule has 0 radical (unpaired) electrons. The largest absolute Gasteiger partial charge is 0.494 e. The van der Waals surface area contributed by atoms with Gasteiger partial charge in [-0.05, 0) is 36.1 Å². The van der Waals surface area contributed by atoms with Crippen LogP contribution in [0.15, 0.2) is 24.3 Å². The number of carbonyl (C=O) groups excluding carboxylic acids is 3. The van der Waals surface area contributed by atoms with E-state index in [1.54, 1.807) is 29.2 Å². The smallest absolute Gasteiger partial charge is 0.274 e. The Morgan fingerprint density at radius 2 is 1.70 bits per heavy atom. The molecular weight excluding hydrogens is 480 g/mol. The highest BCUT2D eigenvalue weighted by atomic mass is 16.5. The van der Waals surface area contributed by atoms with Gasteiger partial charge in [-0.2, -0.15) is 0 Å². The molecule has 1 heterocycles. The minimum absolute atomic E-state index is 0.274. The van der Waals surface area contributed by atoms with Gasteiger partial charge in [-0.3, -0.25) is 19.6 Å². The number of carbonyl (C=O) groups is 3. The summed E-state index contributed by atoms with van der Waals surface area (Å²) < 4.78 is 11.0. The van der Waals surface area contributed by atoms with Crippen LogP contribution in [0.1, 0.15) is 53.4 Å². The molecule has 1 aromatic carbocycles. The zero-order chi connectivity index (χ0) is 27.4. The van der Waals surface area contributed by atoms with Crippen molar-refractivity contribution in [3.8, 4) is 5.75 Å². The molecular formula is C26H42N4O7. The average molecular weight is 523 g/mol. The molecule has 1 aromatic rings. The summed E-state index contributed by atoms with van der Waals surface area (Å²) in [6.45, 7) is 9.83. The number of unbranched alkanes of at least 4 members (excludes halogenated alkanes) is 3. The maximum absolute atomic E-state index is 13.3. The first-order valence-corrected chi connectivity index (χ1v) is 12.9. The predicted molar refractivity (Wildman–Crippen MR) is 138 cm³/mol. The van der Waals surface area contributed by atoms with Crippen LogP contribution < -0.4 is 20.9 Å². The second-order valence-electron chi connectivity index (χ2n) is 10.2. The summed E-state index contributed by atoms with van der Waals surface area (Å²) in [6, 6.07) is 4.34. The van der Waals surface area contributed by atoms with Crippen molar-refractivity contribution in [1.29, 1.82) is 0 Å². The quantitative estimate of drug-likeness (QED) is 0.149. The Morgan fingerprint density at radius 3 is 2.27 bits per heavy atom. The third-order valence-electron chi connectivity index (χ3n) is 6.14.